The summed E-state index contributed by atoms with van der Waals surface area (Å²) in [5.74, 6) is 2.01. The molecular weight excluding hydrogens is 314 g/mol. The molecule has 3 aliphatic rings. The van der Waals surface area contributed by atoms with Crippen LogP contribution >= 0.6 is 0 Å². The molecule has 6 nitrogen and oxygen atoms in total. The third-order valence-corrected chi connectivity index (χ3v) is 6.38. The molecule has 2 atom stereocenters. The summed E-state index contributed by atoms with van der Waals surface area (Å²) in [5, 5.41) is 9.57. The van der Waals surface area contributed by atoms with E-state index in [0.717, 1.165) is 56.2 Å². The fraction of sp³-hybridized carbons (Fsp3) is 0.789. The lowest BCUT2D eigenvalue weighted by Gasteiger charge is -2.39. The number of nitrogens with zero attached hydrogens (tertiary/aromatic N) is 5. The van der Waals surface area contributed by atoms with Gasteiger partial charge in [0.05, 0.1) is 12.6 Å². The van der Waals surface area contributed by atoms with Gasteiger partial charge in [-0.25, -0.2) is 9.97 Å². The van der Waals surface area contributed by atoms with E-state index in [2.05, 4.69) is 37.7 Å². The number of piperidine rings is 1. The van der Waals surface area contributed by atoms with Gasteiger partial charge in [0.25, 0.3) is 0 Å². The smallest absolute Gasteiger partial charge is 0.134 e. The number of rotatable bonds is 4. The van der Waals surface area contributed by atoms with Gasteiger partial charge in [0.15, 0.2) is 0 Å². The molecule has 0 amide bonds. The third kappa shape index (κ3) is 3.47. The molecule has 0 radical (unpaired) electrons. The predicted molar refractivity (Wildman–Crippen MR) is 100 cm³/mol. The van der Waals surface area contributed by atoms with Gasteiger partial charge < -0.3 is 14.9 Å². The summed E-state index contributed by atoms with van der Waals surface area (Å²) in [6, 6.07) is 3.83. The molecule has 0 aliphatic carbocycles. The zero-order chi connectivity index (χ0) is 17.2. The van der Waals surface area contributed by atoms with Gasteiger partial charge >= 0.3 is 0 Å². The molecule has 3 aliphatic heterocycles. The van der Waals surface area contributed by atoms with Gasteiger partial charge in [0.2, 0.25) is 0 Å². The molecule has 3 fully saturated rings. The molecular formula is C19H31N5O. The second kappa shape index (κ2) is 7.46. The normalized spacial score (nSPS) is 28.9. The molecule has 2 unspecified atom stereocenters. The first-order valence-corrected chi connectivity index (χ1v) is 9.96. The summed E-state index contributed by atoms with van der Waals surface area (Å²) in [6.07, 6.45) is 9.04. The number of likely N-dealkylation sites (tertiary alicyclic amines) is 1. The Labute approximate surface area is 150 Å². The molecule has 6 heteroatoms. The largest absolute Gasteiger partial charge is 0.394 e. The summed E-state index contributed by atoms with van der Waals surface area (Å²) in [7, 11) is 0. The Morgan fingerprint density at radius 2 is 1.76 bits per heavy atom. The van der Waals surface area contributed by atoms with Gasteiger partial charge in [-0.15, -0.1) is 0 Å². The minimum atomic E-state index is 0.207. The SMILES string of the molecule is CC1CCCN1C1CCN(c2cc(N3CCCC3CO)ncn2)CC1. The first-order chi connectivity index (χ1) is 12.3. The molecule has 1 N–H and O–H groups in total. The van der Waals surface area contributed by atoms with Crippen LogP contribution in [-0.2, 0) is 0 Å². The Morgan fingerprint density at radius 1 is 1.00 bits per heavy atom. The zero-order valence-corrected chi connectivity index (χ0v) is 15.3. The van der Waals surface area contributed by atoms with E-state index < -0.39 is 0 Å². The molecule has 138 valence electrons. The van der Waals surface area contributed by atoms with Crippen LogP contribution in [-0.4, -0.2) is 70.9 Å². The minimum Gasteiger partial charge on any atom is -0.394 e. The fourth-order valence-electron chi connectivity index (χ4n) is 4.92. The average Bonchev–Trinajstić information content (AvgIpc) is 3.30. The molecule has 4 heterocycles. The number of aliphatic hydroxyl groups excluding tert-OH is 1. The molecule has 0 aromatic carbocycles. The second-order valence-electron chi connectivity index (χ2n) is 7.85. The molecule has 1 aromatic rings. The Balaban J connectivity index is 1.40. The van der Waals surface area contributed by atoms with Crippen molar-refractivity contribution in [1.82, 2.24) is 14.9 Å². The van der Waals surface area contributed by atoms with Crippen molar-refractivity contribution >= 4 is 11.6 Å². The highest BCUT2D eigenvalue weighted by molar-refractivity contribution is 5.51. The number of hydrogen-bond donors (Lipinski definition) is 1. The van der Waals surface area contributed by atoms with Crippen LogP contribution in [0.3, 0.4) is 0 Å². The van der Waals surface area contributed by atoms with Crippen LogP contribution in [0.25, 0.3) is 0 Å². The Morgan fingerprint density at radius 3 is 2.48 bits per heavy atom. The van der Waals surface area contributed by atoms with E-state index in [4.69, 9.17) is 0 Å². The third-order valence-electron chi connectivity index (χ3n) is 6.38. The Hall–Kier alpha value is -1.40. The van der Waals surface area contributed by atoms with E-state index >= 15 is 0 Å². The van der Waals surface area contributed by atoms with Crippen molar-refractivity contribution in [1.29, 1.82) is 0 Å². The Bertz CT molecular complexity index is 575. The van der Waals surface area contributed by atoms with Crippen LogP contribution in [0, 0.1) is 0 Å². The lowest BCUT2D eigenvalue weighted by atomic mass is 10.0. The maximum absolute atomic E-state index is 9.57. The highest BCUT2D eigenvalue weighted by atomic mass is 16.3. The van der Waals surface area contributed by atoms with E-state index in [-0.39, 0.29) is 12.6 Å². The number of anilines is 2. The lowest BCUT2D eigenvalue weighted by Crippen LogP contribution is -2.46. The van der Waals surface area contributed by atoms with Crippen molar-refractivity contribution in [2.24, 2.45) is 0 Å². The average molecular weight is 345 g/mol. The second-order valence-corrected chi connectivity index (χ2v) is 7.85. The van der Waals surface area contributed by atoms with Gasteiger partial charge in [0.1, 0.15) is 18.0 Å². The van der Waals surface area contributed by atoms with Gasteiger partial charge in [-0.3, -0.25) is 4.90 Å². The van der Waals surface area contributed by atoms with Crippen LogP contribution in [0.15, 0.2) is 12.4 Å². The summed E-state index contributed by atoms with van der Waals surface area (Å²) in [5.41, 5.74) is 0. The van der Waals surface area contributed by atoms with Crippen LogP contribution in [0.4, 0.5) is 11.6 Å². The molecule has 3 saturated heterocycles. The highest BCUT2D eigenvalue weighted by Gasteiger charge is 2.31. The van der Waals surface area contributed by atoms with Gasteiger partial charge in [-0.2, -0.15) is 0 Å². The summed E-state index contributed by atoms with van der Waals surface area (Å²) in [6.45, 7) is 7.00. The number of aliphatic hydroxyl groups is 1. The number of hydrogen-bond acceptors (Lipinski definition) is 6. The van der Waals surface area contributed by atoms with Crippen LogP contribution in [0.2, 0.25) is 0 Å². The highest BCUT2D eigenvalue weighted by Crippen LogP contribution is 2.29. The van der Waals surface area contributed by atoms with Crippen molar-refractivity contribution < 1.29 is 5.11 Å². The van der Waals surface area contributed by atoms with Gasteiger partial charge in [-0.1, -0.05) is 0 Å². The van der Waals surface area contributed by atoms with Crippen LogP contribution in [0.1, 0.15) is 45.4 Å². The van der Waals surface area contributed by atoms with Crippen LogP contribution < -0.4 is 9.80 Å². The zero-order valence-electron chi connectivity index (χ0n) is 15.3. The van der Waals surface area contributed by atoms with E-state index in [0.29, 0.717) is 0 Å². The molecule has 0 bridgehead atoms. The standard InChI is InChI=1S/C19H31N5O/c1-15-4-2-8-23(15)16-6-10-22(11-7-16)18-12-19(21-14-20-18)24-9-3-5-17(24)13-25/h12,14-17,25H,2-11,13H2,1H3. The van der Waals surface area contributed by atoms with E-state index in [1.54, 1.807) is 6.33 Å². The van der Waals surface area contributed by atoms with Gasteiger partial charge in [-0.05, 0) is 52.0 Å². The topological polar surface area (TPSA) is 55.7 Å². The first kappa shape index (κ1) is 17.0. The van der Waals surface area contributed by atoms with E-state index in [1.165, 1.54) is 32.2 Å². The fourth-order valence-corrected chi connectivity index (χ4v) is 4.92. The van der Waals surface area contributed by atoms with Crippen molar-refractivity contribution in [3.8, 4) is 0 Å². The molecule has 0 spiro atoms. The van der Waals surface area contributed by atoms with Crippen molar-refractivity contribution in [2.75, 3.05) is 42.6 Å². The summed E-state index contributed by atoms with van der Waals surface area (Å²) in [4.78, 5) is 16.4. The monoisotopic (exact) mass is 345 g/mol. The maximum Gasteiger partial charge on any atom is 0.134 e. The lowest BCUT2D eigenvalue weighted by molar-refractivity contribution is 0.163. The van der Waals surface area contributed by atoms with Crippen molar-refractivity contribution in [3.63, 3.8) is 0 Å². The predicted octanol–water partition coefficient (Wildman–Crippen LogP) is 1.89. The quantitative estimate of drug-likeness (QED) is 0.899. The molecule has 1 aromatic heterocycles. The summed E-state index contributed by atoms with van der Waals surface area (Å²) < 4.78 is 0. The molecule has 4 rings (SSSR count). The number of aromatic nitrogens is 2. The first-order valence-electron chi connectivity index (χ1n) is 9.96. The van der Waals surface area contributed by atoms with Crippen molar-refractivity contribution in [3.05, 3.63) is 12.4 Å². The van der Waals surface area contributed by atoms with Gasteiger partial charge in [0, 0.05) is 37.8 Å². The molecule has 0 saturated carbocycles. The van der Waals surface area contributed by atoms with Crippen molar-refractivity contribution in [2.45, 2.75) is 63.6 Å². The van der Waals surface area contributed by atoms with Crippen LogP contribution in [0.5, 0.6) is 0 Å². The minimum absolute atomic E-state index is 0.207. The van der Waals surface area contributed by atoms with E-state index in [9.17, 15) is 5.11 Å². The van der Waals surface area contributed by atoms with E-state index in [1.807, 2.05) is 0 Å². The summed E-state index contributed by atoms with van der Waals surface area (Å²) >= 11 is 0. The molecule has 25 heavy (non-hydrogen) atoms. The Kier molecular flexibility index (Phi) is 5.08. The maximum atomic E-state index is 9.57.